The van der Waals surface area contributed by atoms with Gasteiger partial charge in [-0.25, -0.2) is 4.98 Å². The van der Waals surface area contributed by atoms with E-state index in [1.165, 1.54) is 22.7 Å². The quantitative estimate of drug-likeness (QED) is 0.610. The van der Waals surface area contributed by atoms with Crippen molar-refractivity contribution in [1.82, 2.24) is 15.6 Å². The summed E-state index contributed by atoms with van der Waals surface area (Å²) in [5.74, 6) is 1.78. The topological polar surface area (TPSA) is 49.3 Å². The van der Waals surface area contributed by atoms with Gasteiger partial charge < -0.3 is 10.6 Å². The van der Waals surface area contributed by atoms with Gasteiger partial charge in [0.05, 0.1) is 5.01 Å². The zero-order valence-corrected chi connectivity index (χ0v) is 12.0. The molecule has 100 valence electrons. The van der Waals surface area contributed by atoms with Crippen LogP contribution in [0.15, 0.2) is 11.2 Å². The van der Waals surface area contributed by atoms with Gasteiger partial charge in [-0.05, 0) is 25.2 Å². The molecule has 0 spiro atoms. The van der Waals surface area contributed by atoms with Gasteiger partial charge in [0.2, 0.25) is 0 Å². The van der Waals surface area contributed by atoms with Gasteiger partial charge >= 0.3 is 0 Å². The number of aromatic nitrogens is 1. The van der Waals surface area contributed by atoms with Crippen LogP contribution in [0.3, 0.4) is 0 Å². The van der Waals surface area contributed by atoms with Crippen molar-refractivity contribution < 1.29 is 0 Å². The maximum absolute atomic E-state index is 4.41. The van der Waals surface area contributed by atoms with Gasteiger partial charge in [-0.2, -0.15) is 0 Å². The molecule has 1 saturated carbocycles. The second kappa shape index (κ2) is 6.73. The predicted molar refractivity (Wildman–Crippen MR) is 77.3 cm³/mol. The molecule has 1 fully saturated rings. The molecule has 1 aliphatic carbocycles. The summed E-state index contributed by atoms with van der Waals surface area (Å²) in [5.41, 5.74) is 0. The molecule has 0 aromatic carbocycles. The smallest absolute Gasteiger partial charge is 0.190 e. The molecule has 0 radical (unpaired) electrons. The van der Waals surface area contributed by atoms with E-state index in [1.54, 1.807) is 0 Å². The van der Waals surface area contributed by atoms with Crippen LogP contribution in [-0.2, 0) is 12.8 Å². The Morgan fingerprint density at radius 1 is 1.50 bits per heavy atom. The van der Waals surface area contributed by atoms with Gasteiger partial charge in [-0.1, -0.05) is 6.92 Å². The Kier molecular flexibility index (Phi) is 4.99. The molecule has 0 amide bonds. The Morgan fingerprint density at radius 2 is 2.33 bits per heavy atom. The minimum Gasteiger partial charge on any atom is -0.356 e. The summed E-state index contributed by atoms with van der Waals surface area (Å²) in [7, 11) is 1.82. The molecule has 0 bridgehead atoms. The van der Waals surface area contributed by atoms with Crippen molar-refractivity contribution >= 4 is 17.3 Å². The molecule has 4 nitrogen and oxygen atoms in total. The largest absolute Gasteiger partial charge is 0.356 e. The highest BCUT2D eigenvalue weighted by Crippen LogP contribution is 2.27. The van der Waals surface area contributed by atoms with Crippen LogP contribution in [0.1, 0.15) is 29.7 Å². The summed E-state index contributed by atoms with van der Waals surface area (Å²) in [6, 6.07) is 0. The zero-order valence-electron chi connectivity index (χ0n) is 11.2. The maximum Gasteiger partial charge on any atom is 0.190 e. The highest BCUT2D eigenvalue weighted by Gasteiger charge is 2.20. The van der Waals surface area contributed by atoms with Gasteiger partial charge in [0.25, 0.3) is 0 Å². The molecule has 0 aliphatic heterocycles. The van der Waals surface area contributed by atoms with Crippen molar-refractivity contribution in [2.24, 2.45) is 10.9 Å². The fourth-order valence-corrected chi connectivity index (χ4v) is 2.56. The van der Waals surface area contributed by atoms with Crippen LogP contribution in [0.2, 0.25) is 0 Å². The van der Waals surface area contributed by atoms with Crippen molar-refractivity contribution in [2.45, 2.75) is 32.6 Å². The lowest BCUT2D eigenvalue weighted by Gasteiger charge is -2.10. The molecule has 0 saturated heterocycles. The minimum absolute atomic E-state index is 0.870. The normalized spacial score (nSPS) is 15.8. The van der Waals surface area contributed by atoms with Gasteiger partial charge in [0.1, 0.15) is 0 Å². The number of guanidine groups is 1. The standard InChI is InChI=1S/C13H22N4S/c1-3-11-9-16-12(18-11)6-7-15-13(14-2)17-8-10-4-5-10/h9-10H,3-8H2,1-2H3,(H2,14,15,17). The van der Waals surface area contributed by atoms with E-state index in [0.717, 1.165) is 37.8 Å². The first kappa shape index (κ1) is 13.3. The Morgan fingerprint density at radius 3 is 2.94 bits per heavy atom. The molecule has 1 aromatic heterocycles. The third kappa shape index (κ3) is 4.29. The van der Waals surface area contributed by atoms with E-state index in [-0.39, 0.29) is 0 Å². The Labute approximate surface area is 113 Å². The van der Waals surface area contributed by atoms with E-state index >= 15 is 0 Å². The van der Waals surface area contributed by atoms with Crippen molar-refractivity contribution in [1.29, 1.82) is 0 Å². The lowest BCUT2D eigenvalue weighted by atomic mass is 10.4. The summed E-state index contributed by atoms with van der Waals surface area (Å²) >= 11 is 1.81. The van der Waals surface area contributed by atoms with Gasteiger partial charge in [0.15, 0.2) is 5.96 Å². The third-order valence-electron chi connectivity index (χ3n) is 3.06. The van der Waals surface area contributed by atoms with Gasteiger partial charge in [0, 0.05) is 37.6 Å². The predicted octanol–water partition coefficient (Wildman–Crippen LogP) is 1.82. The highest BCUT2D eigenvalue weighted by molar-refractivity contribution is 7.11. The summed E-state index contributed by atoms with van der Waals surface area (Å²) in [5, 5.41) is 7.90. The number of rotatable bonds is 6. The number of aryl methyl sites for hydroxylation is 1. The van der Waals surface area contributed by atoms with Crippen LogP contribution < -0.4 is 10.6 Å². The average molecular weight is 266 g/mol. The Hall–Kier alpha value is -1.10. The summed E-state index contributed by atoms with van der Waals surface area (Å²) in [6.45, 7) is 4.11. The lowest BCUT2D eigenvalue weighted by molar-refractivity contribution is 0.734. The van der Waals surface area contributed by atoms with Crippen molar-refractivity contribution in [2.75, 3.05) is 20.1 Å². The Bertz CT molecular complexity index is 395. The molecular weight excluding hydrogens is 244 g/mol. The molecule has 18 heavy (non-hydrogen) atoms. The van der Waals surface area contributed by atoms with Crippen molar-refractivity contribution in [3.8, 4) is 0 Å². The van der Waals surface area contributed by atoms with Crippen molar-refractivity contribution in [3.05, 3.63) is 16.1 Å². The first-order valence-corrected chi connectivity index (χ1v) is 7.51. The van der Waals surface area contributed by atoms with E-state index in [4.69, 9.17) is 0 Å². The molecule has 2 rings (SSSR count). The van der Waals surface area contributed by atoms with E-state index in [1.807, 2.05) is 24.6 Å². The molecule has 5 heteroatoms. The zero-order chi connectivity index (χ0) is 12.8. The number of aliphatic imine (C=N–C) groups is 1. The third-order valence-corrected chi connectivity index (χ3v) is 4.26. The number of nitrogens with zero attached hydrogens (tertiary/aromatic N) is 2. The average Bonchev–Trinajstić information content (AvgIpc) is 3.11. The van der Waals surface area contributed by atoms with Crippen LogP contribution in [-0.4, -0.2) is 31.1 Å². The molecule has 1 aliphatic rings. The van der Waals surface area contributed by atoms with Crippen molar-refractivity contribution in [3.63, 3.8) is 0 Å². The number of nitrogens with one attached hydrogen (secondary N) is 2. The number of hydrogen-bond acceptors (Lipinski definition) is 3. The summed E-state index contributed by atoms with van der Waals surface area (Å²) in [6.07, 6.45) is 6.76. The van der Waals surface area contributed by atoms with Crippen LogP contribution in [0, 0.1) is 5.92 Å². The number of hydrogen-bond donors (Lipinski definition) is 2. The molecule has 0 unspecified atom stereocenters. The lowest BCUT2D eigenvalue weighted by Crippen LogP contribution is -2.39. The fourth-order valence-electron chi connectivity index (χ4n) is 1.70. The fraction of sp³-hybridized carbons (Fsp3) is 0.692. The van der Waals surface area contributed by atoms with E-state index in [0.29, 0.717) is 0 Å². The minimum atomic E-state index is 0.870. The molecule has 1 aromatic rings. The monoisotopic (exact) mass is 266 g/mol. The summed E-state index contributed by atoms with van der Waals surface area (Å²) < 4.78 is 0. The SMILES string of the molecule is CCc1cnc(CCNC(=NC)NCC2CC2)s1. The second-order valence-electron chi connectivity index (χ2n) is 4.65. The van der Waals surface area contributed by atoms with E-state index < -0.39 is 0 Å². The van der Waals surface area contributed by atoms with Gasteiger partial charge in [-0.15, -0.1) is 11.3 Å². The first-order chi connectivity index (χ1) is 8.81. The second-order valence-corrected chi connectivity index (χ2v) is 5.85. The van der Waals surface area contributed by atoms with Crippen LogP contribution >= 0.6 is 11.3 Å². The van der Waals surface area contributed by atoms with E-state index in [2.05, 4.69) is 27.5 Å². The van der Waals surface area contributed by atoms with Crippen LogP contribution in [0.25, 0.3) is 0 Å². The molecule has 0 atom stereocenters. The van der Waals surface area contributed by atoms with E-state index in [9.17, 15) is 0 Å². The molecule has 1 heterocycles. The highest BCUT2D eigenvalue weighted by atomic mass is 32.1. The van der Waals surface area contributed by atoms with Crippen LogP contribution in [0.5, 0.6) is 0 Å². The molecular formula is C13H22N4S. The maximum atomic E-state index is 4.41. The van der Waals surface area contributed by atoms with Crippen LogP contribution in [0.4, 0.5) is 0 Å². The first-order valence-electron chi connectivity index (χ1n) is 6.70. The van der Waals surface area contributed by atoms with Gasteiger partial charge in [-0.3, -0.25) is 4.99 Å². The Balaban J connectivity index is 1.66. The molecule has 2 N–H and O–H groups in total. The summed E-state index contributed by atoms with van der Waals surface area (Å²) in [4.78, 5) is 9.99. The number of thiazole rings is 1.